The van der Waals surface area contributed by atoms with Crippen LogP contribution in [0, 0.1) is 6.92 Å². The van der Waals surface area contributed by atoms with Crippen LogP contribution in [0.5, 0.6) is 0 Å². The predicted molar refractivity (Wildman–Crippen MR) is 86.7 cm³/mol. The Bertz CT molecular complexity index is 593. The zero-order valence-electron chi connectivity index (χ0n) is 12.1. The van der Waals surface area contributed by atoms with Crippen molar-refractivity contribution in [2.45, 2.75) is 20.0 Å². The van der Waals surface area contributed by atoms with Gasteiger partial charge in [0.15, 0.2) is 0 Å². The van der Waals surface area contributed by atoms with Gasteiger partial charge in [0.25, 0.3) is 0 Å². The molecule has 1 saturated heterocycles. The van der Waals surface area contributed by atoms with Gasteiger partial charge in [0.2, 0.25) is 0 Å². The Hall–Kier alpha value is -1.01. The molecule has 1 aromatic carbocycles. The number of piperazine rings is 1. The summed E-state index contributed by atoms with van der Waals surface area (Å²) in [6, 6.07) is 8.76. The molecule has 21 heavy (non-hydrogen) atoms. The molecule has 1 aromatic heterocycles. The van der Waals surface area contributed by atoms with Crippen LogP contribution in [0.1, 0.15) is 16.8 Å². The third-order valence-corrected chi connectivity index (χ3v) is 4.82. The molecule has 0 aliphatic carbocycles. The minimum atomic E-state index is 0.720. The summed E-state index contributed by atoms with van der Waals surface area (Å²) in [4.78, 5) is 4.90. The van der Waals surface area contributed by atoms with Crippen LogP contribution in [-0.2, 0) is 13.1 Å². The molecule has 0 radical (unpaired) electrons. The zero-order valence-corrected chi connectivity index (χ0v) is 13.7. The normalized spacial score (nSPS) is 17.2. The number of hydrogen-bond donors (Lipinski definition) is 0. The highest BCUT2D eigenvalue weighted by Gasteiger charge is 2.19. The maximum atomic E-state index is 6.07. The van der Waals surface area contributed by atoms with E-state index < -0.39 is 0 Å². The fourth-order valence-electron chi connectivity index (χ4n) is 2.68. The largest absolute Gasteiger partial charge is 0.297 e. The van der Waals surface area contributed by atoms with Crippen LogP contribution < -0.4 is 0 Å². The van der Waals surface area contributed by atoms with Crippen LogP contribution >= 0.6 is 23.1 Å². The molecule has 1 aliphatic rings. The molecule has 1 fully saturated rings. The fourth-order valence-corrected chi connectivity index (χ4v) is 3.29. The molecule has 6 heteroatoms. The van der Waals surface area contributed by atoms with E-state index in [0.29, 0.717) is 0 Å². The number of aromatic nitrogens is 2. The summed E-state index contributed by atoms with van der Waals surface area (Å²) in [7, 11) is 0. The van der Waals surface area contributed by atoms with E-state index in [4.69, 9.17) is 11.6 Å². The number of aryl methyl sites for hydroxylation is 1. The minimum Gasteiger partial charge on any atom is -0.297 e. The molecule has 3 rings (SSSR count). The Kier molecular flexibility index (Phi) is 4.85. The fraction of sp³-hybridized carbons (Fsp3) is 0.467. The van der Waals surface area contributed by atoms with Gasteiger partial charge in [-0.2, -0.15) is 0 Å². The van der Waals surface area contributed by atoms with Crippen molar-refractivity contribution in [1.82, 2.24) is 19.4 Å². The van der Waals surface area contributed by atoms with Crippen molar-refractivity contribution in [3.63, 3.8) is 0 Å². The predicted octanol–water partition coefficient (Wildman–Crippen LogP) is 2.82. The maximum absolute atomic E-state index is 6.07. The highest BCUT2D eigenvalue weighted by Crippen LogP contribution is 2.19. The lowest BCUT2D eigenvalue weighted by molar-refractivity contribution is 0.121. The maximum Gasteiger partial charge on any atom is 0.138 e. The van der Waals surface area contributed by atoms with E-state index in [1.807, 2.05) is 0 Å². The molecule has 0 unspecified atom stereocenters. The Morgan fingerprint density at radius 3 is 2.48 bits per heavy atom. The van der Waals surface area contributed by atoms with Crippen LogP contribution in [0.3, 0.4) is 0 Å². The number of hydrogen-bond acceptors (Lipinski definition) is 5. The van der Waals surface area contributed by atoms with Crippen LogP contribution in [0.4, 0.5) is 0 Å². The van der Waals surface area contributed by atoms with Gasteiger partial charge < -0.3 is 0 Å². The second-order valence-electron chi connectivity index (χ2n) is 5.53. The topological polar surface area (TPSA) is 32.3 Å². The van der Waals surface area contributed by atoms with Gasteiger partial charge in [-0.05, 0) is 12.5 Å². The van der Waals surface area contributed by atoms with E-state index in [-0.39, 0.29) is 0 Å². The van der Waals surface area contributed by atoms with Gasteiger partial charge in [0.05, 0.1) is 0 Å². The van der Waals surface area contributed by atoms with E-state index in [1.165, 1.54) is 22.7 Å². The average Bonchev–Trinajstić information content (AvgIpc) is 2.87. The third kappa shape index (κ3) is 4.01. The summed E-state index contributed by atoms with van der Waals surface area (Å²) in [5.41, 5.74) is 3.64. The van der Waals surface area contributed by atoms with Crippen LogP contribution in [0.25, 0.3) is 0 Å². The summed E-state index contributed by atoms with van der Waals surface area (Å²) in [6.07, 6.45) is 0. The van der Waals surface area contributed by atoms with Crippen molar-refractivity contribution >= 4 is 23.1 Å². The lowest BCUT2D eigenvalue weighted by Gasteiger charge is -2.34. The van der Waals surface area contributed by atoms with E-state index >= 15 is 0 Å². The van der Waals surface area contributed by atoms with E-state index in [1.54, 1.807) is 0 Å². The van der Waals surface area contributed by atoms with Gasteiger partial charge in [-0.25, -0.2) is 0 Å². The molecule has 0 atom stereocenters. The Balaban J connectivity index is 1.50. The Morgan fingerprint density at radius 1 is 1.14 bits per heavy atom. The quantitative estimate of drug-likeness (QED) is 0.866. The molecular weight excluding hydrogens is 304 g/mol. The van der Waals surface area contributed by atoms with Gasteiger partial charge in [0, 0.05) is 50.8 Å². The van der Waals surface area contributed by atoms with Crippen LogP contribution in [-0.4, -0.2) is 45.6 Å². The SMILES string of the molecule is Cc1cccc(CN2CCN(Cc3nnsc3Cl)CC2)c1. The second-order valence-corrected chi connectivity index (χ2v) is 6.89. The monoisotopic (exact) mass is 322 g/mol. The molecule has 0 spiro atoms. The molecule has 0 amide bonds. The van der Waals surface area contributed by atoms with Crippen LogP contribution in [0.2, 0.25) is 4.34 Å². The lowest BCUT2D eigenvalue weighted by atomic mass is 10.1. The van der Waals surface area contributed by atoms with Gasteiger partial charge in [0.1, 0.15) is 10.0 Å². The van der Waals surface area contributed by atoms with Crippen molar-refractivity contribution in [3.8, 4) is 0 Å². The third-order valence-electron chi connectivity index (χ3n) is 3.84. The zero-order chi connectivity index (χ0) is 14.7. The molecule has 0 saturated carbocycles. The van der Waals surface area contributed by atoms with E-state index in [0.717, 1.165) is 49.3 Å². The highest BCUT2D eigenvalue weighted by molar-refractivity contribution is 7.10. The van der Waals surface area contributed by atoms with Crippen molar-refractivity contribution in [2.24, 2.45) is 0 Å². The molecule has 0 bridgehead atoms. The first kappa shape index (κ1) is 14.9. The molecule has 2 heterocycles. The number of benzene rings is 1. The summed E-state index contributed by atoms with van der Waals surface area (Å²) in [5.74, 6) is 0. The summed E-state index contributed by atoms with van der Waals surface area (Å²) < 4.78 is 4.61. The van der Waals surface area contributed by atoms with Crippen molar-refractivity contribution in [3.05, 3.63) is 45.4 Å². The second kappa shape index (κ2) is 6.83. The van der Waals surface area contributed by atoms with Gasteiger partial charge >= 0.3 is 0 Å². The summed E-state index contributed by atoms with van der Waals surface area (Å²) >= 11 is 7.33. The Labute approximate surface area is 134 Å². The first-order chi connectivity index (χ1) is 10.2. The van der Waals surface area contributed by atoms with Crippen molar-refractivity contribution in [2.75, 3.05) is 26.2 Å². The highest BCUT2D eigenvalue weighted by atomic mass is 35.5. The standard InChI is InChI=1S/C15H19ClN4S/c1-12-3-2-4-13(9-12)10-19-5-7-20(8-6-19)11-14-15(16)21-18-17-14/h2-4,9H,5-8,10-11H2,1H3. The summed E-state index contributed by atoms with van der Waals surface area (Å²) in [6.45, 7) is 8.28. The summed E-state index contributed by atoms with van der Waals surface area (Å²) in [5, 5.41) is 4.09. The van der Waals surface area contributed by atoms with Gasteiger partial charge in [-0.3, -0.25) is 9.80 Å². The van der Waals surface area contributed by atoms with E-state index in [9.17, 15) is 0 Å². The molecular formula is C15H19ClN4S. The molecule has 2 aromatic rings. The smallest absolute Gasteiger partial charge is 0.138 e. The number of rotatable bonds is 4. The average molecular weight is 323 g/mol. The van der Waals surface area contributed by atoms with Crippen molar-refractivity contribution < 1.29 is 0 Å². The first-order valence-corrected chi connectivity index (χ1v) is 8.33. The van der Waals surface area contributed by atoms with Crippen molar-refractivity contribution in [1.29, 1.82) is 0 Å². The van der Waals surface area contributed by atoms with Crippen LogP contribution in [0.15, 0.2) is 24.3 Å². The van der Waals surface area contributed by atoms with Gasteiger partial charge in [-0.1, -0.05) is 45.9 Å². The van der Waals surface area contributed by atoms with Gasteiger partial charge in [-0.15, -0.1) is 5.10 Å². The molecule has 112 valence electrons. The molecule has 4 nitrogen and oxygen atoms in total. The molecule has 0 N–H and O–H groups in total. The Morgan fingerprint density at radius 2 is 1.86 bits per heavy atom. The van der Waals surface area contributed by atoms with E-state index in [2.05, 4.69) is 50.6 Å². The molecule has 1 aliphatic heterocycles. The lowest BCUT2D eigenvalue weighted by Crippen LogP contribution is -2.45. The number of halogens is 1. The number of nitrogens with zero attached hydrogens (tertiary/aromatic N) is 4. The first-order valence-electron chi connectivity index (χ1n) is 7.18. The minimum absolute atomic E-state index is 0.720.